The zero-order valence-corrected chi connectivity index (χ0v) is 16.3. The fraction of sp³-hybridized carbons (Fsp3) is 0.611. The van der Waals surface area contributed by atoms with Crippen molar-refractivity contribution in [2.45, 2.75) is 19.3 Å². The van der Waals surface area contributed by atoms with Gasteiger partial charge in [0.2, 0.25) is 0 Å². The number of guanidine groups is 1. The zero-order valence-electron chi connectivity index (χ0n) is 14.7. The number of rotatable bonds is 9. The lowest BCUT2D eigenvalue weighted by atomic mass is 10.1. The van der Waals surface area contributed by atoms with Gasteiger partial charge in [-0.3, -0.25) is 4.99 Å². The van der Waals surface area contributed by atoms with Gasteiger partial charge < -0.3 is 20.1 Å². The molecule has 0 spiro atoms. The summed E-state index contributed by atoms with van der Waals surface area (Å²) in [4.78, 5) is 4.17. The van der Waals surface area contributed by atoms with Crippen LogP contribution in [-0.4, -0.2) is 52.5 Å². The third kappa shape index (κ3) is 7.71. The first-order valence-electron chi connectivity index (χ1n) is 8.73. The van der Waals surface area contributed by atoms with Gasteiger partial charge >= 0.3 is 0 Å². The zero-order chi connectivity index (χ0) is 17.9. The van der Waals surface area contributed by atoms with Crippen molar-refractivity contribution in [3.63, 3.8) is 0 Å². The Hall–Kier alpha value is -1.18. The lowest BCUT2D eigenvalue weighted by Crippen LogP contribution is -2.39. The summed E-state index contributed by atoms with van der Waals surface area (Å²) >= 11 is 3.37. The highest BCUT2D eigenvalue weighted by atomic mass is 79.9. The van der Waals surface area contributed by atoms with E-state index in [1.165, 1.54) is 6.07 Å². The fourth-order valence-corrected chi connectivity index (χ4v) is 3.03. The average Bonchev–Trinajstić information content (AvgIpc) is 3.12. The molecule has 0 radical (unpaired) electrons. The molecule has 2 rings (SSSR count). The predicted molar refractivity (Wildman–Crippen MR) is 102 cm³/mol. The average molecular weight is 416 g/mol. The standard InChI is InChI=1S/C18H27BrFN3O2/c1-21-18(22-7-2-9-24-12-14-6-10-25-13-14)23-8-5-15-11-16(19)3-4-17(15)20/h3-4,11,14H,2,5-10,12-13H2,1H3,(H2,21,22,23). The Morgan fingerprint density at radius 3 is 3.00 bits per heavy atom. The third-order valence-electron chi connectivity index (χ3n) is 4.05. The van der Waals surface area contributed by atoms with Crippen LogP contribution >= 0.6 is 15.9 Å². The lowest BCUT2D eigenvalue weighted by molar-refractivity contribution is 0.0888. The van der Waals surface area contributed by atoms with Crippen LogP contribution in [0.3, 0.4) is 0 Å². The van der Waals surface area contributed by atoms with Gasteiger partial charge in [0.15, 0.2) is 5.96 Å². The first kappa shape index (κ1) is 20.1. The molecule has 1 saturated heterocycles. The highest BCUT2D eigenvalue weighted by Crippen LogP contribution is 2.15. The van der Waals surface area contributed by atoms with Crippen LogP contribution in [0.15, 0.2) is 27.7 Å². The molecule has 7 heteroatoms. The molecule has 0 aliphatic carbocycles. The molecule has 1 fully saturated rings. The van der Waals surface area contributed by atoms with Crippen molar-refractivity contribution in [3.05, 3.63) is 34.1 Å². The molecule has 0 saturated carbocycles. The first-order chi connectivity index (χ1) is 12.2. The summed E-state index contributed by atoms with van der Waals surface area (Å²) in [5.41, 5.74) is 0.682. The van der Waals surface area contributed by atoms with Gasteiger partial charge in [-0.05, 0) is 43.0 Å². The Morgan fingerprint density at radius 1 is 1.40 bits per heavy atom. The summed E-state index contributed by atoms with van der Waals surface area (Å²) in [6, 6.07) is 4.98. The molecule has 1 unspecified atom stereocenters. The quantitative estimate of drug-likeness (QED) is 0.369. The summed E-state index contributed by atoms with van der Waals surface area (Å²) in [7, 11) is 1.73. The van der Waals surface area contributed by atoms with E-state index in [0.717, 1.165) is 56.2 Å². The van der Waals surface area contributed by atoms with Crippen LogP contribution in [0.5, 0.6) is 0 Å². The van der Waals surface area contributed by atoms with Crippen LogP contribution in [0.1, 0.15) is 18.4 Å². The molecular weight excluding hydrogens is 389 g/mol. The van der Waals surface area contributed by atoms with Crippen molar-refractivity contribution in [3.8, 4) is 0 Å². The third-order valence-corrected chi connectivity index (χ3v) is 4.55. The number of ether oxygens (including phenoxy) is 2. The first-order valence-corrected chi connectivity index (χ1v) is 9.52. The molecule has 1 atom stereocenters. The minimum absolute atomic E-state index is 0.183. The Bertz CT molecular complexity index is 551. The smallest absolute Gasteiger partial charge is 0.190 e. The van der Waals surface area contributed by atoms with E-state index in [0.29, 0.717) is 24.4 Å². The van der Waals surface area contributed by atoms with Gasteiger partial charge in [-0.25, -0.2) is 4.39 Å². The Kier molecular flexibility index (Phi) is 9.21. The van der Waals surface area contributed by atoms with E-state index in [1.807, 2.05) is 0 Å². The van der Waals surface area contributed by atoms with Crippen molar-refractivity contribution >= 4 is 21.9 Å². The number of nitrogens with one attached hydrogen (secondary N) is 2. The number of aliphatic imine (C=N–C) groups is 1. The van der Waals surface area contributed by atoms with E-state index < -0.39 is 0 Å². The van der Waals surface area contributed by atoms with E-state index in [9.17, 15) is 4.39 Å². The van der Waals surface area contributed by atoms with E-state index in [2.05, 4.69) is 31.6 Å². The molecule has 1 aromatic carbocycles. The molecule has 0 amide bonds. The lowest BCUT2D eigenvalue weighted by Gasteiger charge is -2.13. The van der Waals surface area contributed by atoms with Crippen LogP contribution in [-0.2, 0) is 15.9 Å². The van der Waals surface area contributed by atoms with Crippen molar-refractivity contribution in [2.24, 2.45) is 10.9 Å². The normalized spacial score (nSPS) is 17.7. The predicted octanol–water partition coefficient (Wildman–Crippen LogP) is 2.74. The van der Waals surface area contributed by atoms with Gasteiger partial charge in [0, 0.05) is 43.7 Å². The van der Waals surface area contributed by atoms with Crippen molar-refractivity contribution in [1.82, 2.24) is 10.6 Å². The Balaban J connectivity index is 1.55. The molecule has 1 aliphatic rings. The molecule has 2 N–H and O–H groups in total. The number of nitrogens with zero attached hydrogens (tertiary/aromatic N) is 1. The maximum Gasteiger partial charge on any atom is 0.190 e. The summed E-state index contributed by atoms with van der Waals surface area (Å²) in [5.74, 6) is 1.10. The van der Waals surface area contributed by atoms with Crippen LogP contribution in [0.4, 0.5) is 4.39 Å². The highest BCUT2D eigenvalue weighted by molar-refractivity contribution is 9.10. The maximum atomic E-state index is 13.7. The van der Waals surface area contributed by atoms with Gasteiger partial charge in [-0.1, -0.05) is 15.9 Å². The van der Waals surface area contributed by atoms with Crippen LogP contribution in [0, 0.1) is 11.7 Å². The van der Waals surface area contributed by atoms with Gasteiger partial charge in [-0.15, -0.1) is 0 Å². The molecule has 5 nitrogen and oxygen atoms in total. The number of halogens is 2. The Labute approximate surface area is 157 Å². The van der Waals surface area contributed by atoms with Crippen molar-refractivity contribution < 1.29 is 13.9 Å². The summed E-state index contributed by atoms with van der Waals surface area (Å²) < 4.78 is 25.6. The van der Waals surface area contributed by atoms with Crippen molar-refractivity contribution in [1.29, 1.82) is 0 Å². The number of hydrogen-bond acceptors (Lipinski definition) is 3. The van der Waals surface area contributed by atoms with E-state index in [1.54, 1.807) is 19.2 Å². The summed E-state index contributed by atoms with van der Waals surface area (Å²) in [6.07, 6.45) is 2.61. The molecule has 1 aliphatic heterocycles. The molecule has 1 heterocycles. The molecule has 0 bridgehead atoms. The molecule has 1 aromatic rings. The van der Waals surface area contributed by atoms with Gasteiger partial charge in [-0.2, -0.15) is 0 Å². The van der Waals surface area contributed by atoms with Crippen LogP contribution in [0.2, 0.25) is 0 Å². The topological polar surface area (TPSA) is 54.9 Å². The van der Waals surface area contributed by atoms with Crippen LogP contribution in [0.25, 0.3) is 0 Å². The summed E-state index contributed by atoms with van der Waals surface area (Å²) in [5, 5.41) is 6.44. The molecule has 140 valence electrons. The fourth-order valence-electron chi connectivity index (χ4n) is 2.62. The maximum absolute atomic E-state index is 13.7. The SMILES string of the molecule is CN=C(NCCCOCC1CCOC1)NCCc1cc(Br)ccc1F. The van der Waals surface area contributed by atoms with E-state index >= 15 is 0 Å². The van der Waals surface area contributed by atoms with Crippen molar-refractivity contribution in [2.75, 3.05) is 46.6 Å². The van der Waals surface area contributed by atoms with E-state index in [-0.39, 0.29) is 5.82 Å². The second kappa shape index (κ2) is 11.4. The molecule has 0 aromatic heterocycles. The molecular formula is C18H27BrFN3O2. The minimum Gasteiger partial charge on any atom is -0.381 e. The largest absolute Gasteiger partial charge is 0.381 e. The second-order valence-corrected chi connectivity index (χ2v) is 6.99. The van der Waals surface area contributed by atoms with Gasteiger partial charge in [0.25, 0.3) is 0 Å². The summed E-state index contributed by atoms with van der Waals surface area (Å²) in [6.45, 7) is 4.60. The monoisotopic (exact) mass is 415 g/mol. The number of benzene rings is 1. The van der Waals surface area contributed by atoms with Gasteiger partial charge in [0.05, 0.1) is 13.2 Å². The van der Waals surface area contributed by atoms with Gasteiger partial charge in [0.1, 0.15) is 5.82 Å². The number of hydrogen-bond donors (Lipinski definition) is 2. The molecule has 25 heavy (non-hydrogen) atoms. The second-order valence-electron chi connectivity index (χ2n) is 6.07. The Morgan fingerprint density at radius 2 is 2.24 bits per heavy atom. The van der Waals surface area contributed by atoms with Crippen LogP contribution < -0.4 is 10.6 Å². The highest BCUT2D eigenvalue weighted by Gasteiger charge is 2.15. The minimum atomic E-state index is -0.183. The van der Waals surface area contributed by atoms with E-state index in [4.69, 9.17) is 9.47 Å².